The van der Waals surface area contributed by atoms with E-state index in [4.69, 9.17) is 18.6 Å². The Morgan fingerprint density at radius 1 is 1.12 bits per heavy atom. The van der Waals surface area contributed by atoms with E-state index in [9.17, 15) is 9.59 Å². The summed E-state index contributed by atoms with van der Waals surface area (Å²) in [5, 5.41) is 0. The highest BCUT2D eigenvalue weighted by Gasteiger charge is 2.20. The van der Waals surface area contributed by atoms with Gasteiger partial charge in [-0.05, 0) is 25.1 Å². The number of hydrogen-bond donors (Lipinski definition) is 0. The predicted molar refractivity (Wildman–Crippen MR) is 94.4 cm³/mol. The van der Waals surface area contributed by atoms with Crippen LogP contribution >= 0.6 is 0 Å². The molecular formula is C19H23NO6. The van der Waals surface area contributed by atoms with Crippen LogP contribution in [-0.2, 0) is 16.0 Å². The summed E-state index contributed by atoms with van der Waals surface area (Å²) >= 11 is 0. The second-order valence-electron chi connectivity index (χ2n) is 5.67. The van der Waals surface area contributed by atoms with E-state index in [0.717, 1.165) is 0 Å². The summed E-state index contributed by atoms with van der Waals surface area (Å²) in [7, 11) is 4.55. The zero-order valence-electron chi connectivity index (χ0n) is 15.4. The number of esters is 1. The third kappa shape index (κ3) is 4.64. The summed E-state index contributed by atoms with van der Waals surface area (Å²) in [4.78, 5) is 25.9. The third-order valence-electron chi connectivity index (χ3n) is 3.78. The zero-order valence-corrected chi connectivity index (χ0v) is 15.4. The molecule has 0 fully saturated rings. The van der Waals surface area contributed by atoms with Gasteiger partial charge in [0.2, 0.25) is 0 Å². The molecule has 26 heavy (non-hydrogen) atoms. The fourth-order valence-electron chi connectivity index (χ4n) is 2.45. The second kappa shape index (κ2) is 9.05. The highest BCUT2D eigenvalue weighted by atomic mass is 16.5. The van der Waals surface area contributed by atoms with Crippen LogP contribution in [0.25, 0.3) is 0 Å². The molecule has 0 atom stereocenters. The van der Waals surface area contributed by atoms with Crippen molar-refractivity contribution in [1.82, 2.24) is 4.90 Å². The zero-order chi connectivity index (χ0) is 19.1. The van der Waals surface area contributed by atoms with Gasteiger partial charge in [-0.3, -0.25) is 4.79 Å². The van der Waals surface area contributed by atoms with Gasteiger partial charge in [-0.25, -0.2) is 4.79 Å². The van der Waals surface area contributed by atoms with Crippen molar-refractivity contribution in [2.24, 2.45) is 0 Å². The quantitative estimate of drug-likeness (QED) is 0.531. The van der Waals surface area contributed by atoms with Gasteiger partial charge in [-0.15, -0.1) is 0 Å². The molecule has 0 aliphatic carbocycles. The van der Waals surface area contributed by atoms with Crippen LogP contribution in [0.4, 0.5) is 0 Å². The van der Waals surface area contributed by atoms with E-state index in [1.807, 2.05) is 0 Å². The molecule has 1 aromatic carbocycles. The molecule has 7 heteroatoms. The summed E-state index contributed by atoms with van der Waals surface area (Å²) in [6.07, 6.45) is 0. The van der Waals surface area contributed by atoms with Crippen molar-refractivity contribution in [3.05, 3.63) is 53.0 Å². The summed E-state index contributed by atoms with van der Waals surface area (Å²) in [5.74, 6) is 0.759. The first-order valence-electron chi connectivity index (χ1n) is 8.11. The van der Waals surface area contributed by atoms with Crippen molar-refractivity contribution < 1.29 is 28.2 Å². The van der Waals surface area contributed by atoms with Crippen molar-refractivity contribution in [2.45, 2.75) is 13.5 Å². The number of methoxy groups -OCH3 is 2. The fourth-order valence-corrected chi connectivity index (χ4v) is 2.45. The maximum atomic E-state index is 12.8. The third-order valence-corrected chi connectivity index (χ3v) is 3.78. The van der Waals surface area contributed by atoms with Gasteiger partial charge in [0.05, 0.1) is 25.8 Å². The number of carbonyl (C=O) groups excluding carboxylic acids is 2. The van der Waals surface area contributed by atoms with Gasteiger partial charge in [-0.1, -0.05) is 12.1 Å². The fraction of sp³-hybridized carbons (Fsp3) is 0.368. The summed E-state index contributed by atoms with van der Waals surface area (Å²) in [6, 6.07) is 8.61. The normalized spacial score (nSPS) is 10.5. The summed E-state index contributed by atoms with van der Waals surface area (Å²) in [6.45, 7) is 2.67. The van der Waals surface area contributed by atoms with E-state index < -0.39 is 5.97 Å². The lowest BCUT2D eigenvalue weighted by Crippen LogP contribution is -2.26. The lowest BCUT2D eigenvalue weighted by atomic mass is 10.1. The standard InChI is InChI=1S/C19H23NO6/c1-13-16(19(22)24-4)11-14(26-13)12-20(2)18(21)15-7-5-6-8-17(15)25-10-9-23-3/h5-8,11H,9-10,12H2,1-4H3. The molecule has 7 nitrogen and oxygen atoms in total. The molecule has 0 aliphatic heterocycles. The Kier molecular flexibility index (Phi) is 6.80. The number of furan rings is 1. The molecule has 1 aromatic heterocycles. The minimum absolute atomic E-state index is 0.211. The van der Waals surface area contributed by atoms with Crippen molar-refractivity contribution in [2.75, 3.05) is 34.5 Å². The second-order valence-corrected chi connectivity index (χ2v) is 5.67. The topological polar surface area (TPSA) is 78.2 Å². The Hall–Kier alpha value is -2.80. The molecule has 1 amide bonds. The van der Waals surface area contributed by atoms with Crippen LogP contribution in [0.1, 0.15) is 32.2 Å². The van der Waals surface area contributed by atoms with E-state index in [0.29, 0.717) is 41.6 Å². The number of amides is 1. The molecule has 0 saturated heterocycles. The SMILES string of the molecule is COCCOc1ccccc1C(=O)N(C)Cc1cc(C(=O)OC)c(C)o1. The number of nitrogens with zero attached hydrogens (tertiary/aromatic N) is 1. The molecule has 0 spiro atoms. The van der Waals surface area contributed by atoms with E-state index in [-0.39, 0.29) is 12.5 Å². The number of ether oxygens (including phenoxy) is 3. The van der Waals surface area contributed by atoms with Crippen LogP contribution in [0.2, 0.25) is 0 Å². The van der Waals surface area contributed by atoms with Gasteiger partial charge in [0, 0.05) is 14.2 Å². The van der Waals surface area contributed by atoms with Crippen molar-refractivity contribution in [1.29, 1.82) is 0 Å². The van der Waals surface area contributed by atoms with Gasteiger partial charge in [0.25, 0.3) is 5.91 Å². The lowest BCUT2D eigenvalue weighted by Gasteiger charge is -2.18. The largest absolute Gasteiger partial charge is 0.490 e. The number of rotatable bonds is 8. The van der Waals surface area contributed by atoms with Crippen LogP contribution in [-0.4, -0.2) is 51.3 Å². The molecule has 0 unspecified atom stereocenters. The van der Waals surface area contributed by atoms with Gasteiger partial charge in [0.1, 0.15) is 29.4 Å². The molecule has 0 radical (unpaired) electrons. The number of hydrogen-bond acceptors (Lipinski definition) is 6. The lowest BCUT2D eigenvalue weighted by molar-refractivity contribution is 0.0598. The van der Waals surface area contributed by atoms with Crippen molar-refractivity contribution in [3.63, 3.8) is 0 Å². The molecule has 0 saturated carbocycles. The summed E-state index contributed by atoms with van der Waals surface area (Å²) in [5.41, 5.74) is 0.800. The van der Waals surface area contributed by atoms with Crippen LogP contribution in [0.15, 0.2) is 34.7 Å². The van der Waals surface area contributed by atoms with E-state index in [2.05, 4.69) is 0 Å². The van der Waals surface area contributed by atoms with E-state index >= 15 is 0 Å². The Bertz CT molecular complexity index is 767. The first kappa shape index (κ1) is 19.5. The number of carbonyl (C=O) groups is 2. The van der Waals surface area contributed by atoms with Crippen LogP contribution in [0, 0.1) is 6.92 Å². The highest BCUT2D eigenvalue weighted by Crippen LogP contribution is 2.22. The van der Waals surface area contributed by atoms with Gasteiger partial charge < -0.3 is 23.5 Å². The minimum atomic E-state index is -0.469. The van der Waals surface area contributed by atoms with E-state index in [1.54, 1.807) is 51.4 Å². The molecule has 0 N–H and O–H groups in total. The first-order valence-corrected chi connectivity index (χ1v) is 8.11. The first-order chi connectivity index (χ1) is 12.5. The summed E-state index contributed by atoms with van der Waals surface area (Å²) < 4.78 is 20.8. The monoisotopic (exact) mass is 361 g/mol. The molecule has 1 heterocycles. The van der Waals surface area contributed by atoms with Crippen molar-refractivity contribution in [3.8, 4) is 5.75 Å². The van der Waals surface area contributed by atoms with Gasteiger partial charge >= 0.3 is 5.97 Å². The Balaban J connectivity index is 2.12. The average Bonchev–Trinajstić information content (AvgIpc) is 3.01. The van der Waals surface area contributed by atoms with E-state index in [1.165, 1.54) is 12.0 Å². The van der Waals surface area contributed by atoms with Crippen LogP contribution in [0.5, 0.6) is 5.75 Å². The number of benzene rings is 1. The number of aryl methyl sites for hydroxylation is 1. The maximum absolute atomic E-state index is 12.8. The molecule has 2 rings (SSSR count). The van der Waals surface area contributed by atoms with Crippen LogP contribution < -0.4 is 4.74 Å². The Morgan fingerprint density at radius 3 is 2.54 bits per heavy atom. The Labute approximate surface area is 152 Å². The highest BCUT2D eigenvalue weighted by molar-refractivity contribution is 5.96. The molecule has 0 bridgehead atoms. The molecule has 140 valence electrons. The molecule has 2 aromatic rings. The number of para-hydroxylation sites is 1. The van der Waals surface area contributed by atoms with Crippen LogP contribution in [0.3, 0.4) is 0 Å². The average molecular weight is 361 g/mol. The minimum Gasteiger partial charge on any atom is -0.490 e. The van der Waals surface area contributed by atoms with Gasteiger partial charge in [0.15, 0.2) is 0 Å². The maximum Gasteiger partial charge on any atom is 0.341 e. The van der Waals surface area contributed by atoms with Crippen molar-refractivity contribution >= 4 is 11.9 Å². The molecule has 0 aliphatic rings. The predicted octanol–water partition coefficient (Wildman–Crippen LogP) is 2.67. The Morgan fingerprint density at radius 2 is 1.85 bits per heavy atom. The van der Waals surface area contributed by atoms with Gasteiger partial charge in [-0.2, -0.15) is 0 Å². The smallest absolute Gasteiger partial charge is 0.341 e. The molecular weight excluding hydrogens is 338 g/mol.